The summed E-state index contributed by atoms with van der Waals surface area (Å²) >= 11 is 7.07. The summed E-state index contributed by atoms with van der Waals surface area (Å²) in [6.07, 6.45) is -2.66. The first-order valence-electron chi connectivity index (χ1n) is 10.9. The minimum atomic E-state index is -4.44. The lowest BCUT2D eigenvalue weighted by molar-refractivity contribution is -0.137. The molecule has 2 aromatic heterocycles. The van der Waals surface area contributed by atoms with Crippen molar-refractivity contribution in [2.45, 2.75) is 18.7 Å². The molecule has 11 heteroatoms. The van der Waals surface area contributed by atoms with Gasteiger partial charge in [-0.3, -0.25) is 9.78 Å². The van der Waals surface area contributed by atoms with Crippen LogP contribution >= 0.6 is 22.9 Å². The van der Waals surface area contributed by atoms with Crippen LogP contribution in [0.1, 0.15) is 27.2 Å². The number of fused-ring (bicyclic) bond motifs is 1. The minimum absolute atomic E-state index is 0.217. The van der Waals surface area contributed by atoms with Gasteiger partial charge in [-0.05, 0) is 54.1 Å². The molecule has 1 atom stereocenters. The Morgan fingerprint density at radius 1 is 1.11 bits per heavy atom. The zero-order valence-electron chi connectivity index (χ0n) is 18.5. The Bertz CT molecular complexity index is 1450. The Morgan fingerprint density at radius 2 is 1.92 bits per heavy atom. The maximum Gasteiger partial charge on any atom is 0.416 e. The van der Waals surface area contributed by atoms with E-state index in [2.05, 4.69) is 20.8 Å². The van der Waals surface area contributed by atoms with E-state index in [1.165, 1.54) is 17.4 Å². The Balaban J connectivity index is 1.22. The van der Waals surface area contributed by atoms with Crippen molar-refractivity contribution in [2.24, 2.45) is 5.16 Å². The average molecular weight is 531 g/mol. The van der Waals surface area contributed by atoms with Gasteiger partial charge in [0.2, 0.25) is 0 Å². The lowest BCUT2D eigenvalue weighted by Crippen LogP contribution is -2.31. The summed E-state index contributed by atoms with van der Waals surface area (Å²) in [6.45, 7) is 0.302. The maximum absolute atomic E-state index is 13.2. The van der Waals surface area contributed by atoms with E-state index >= 15 is 0 Å². The van der Waals surface area contributed by atoms with Crippen LogP contribution in [0, 0.1) is 0 Å². The lowest BCUT2D eigenvalue weighted by atomic mass is 10.0. The lowest BCUT2D eigenvalue weighted by Gasteiger charge is -2.12. The molecule has 0 radical (unpaired) electrons. The molecule has 5 rings (SSSR count). The van der Waals surface area contributed by atoms with Gasteiger partial charge in [-0.1, -0.05) is 28.9 Å². The highest BCUT2D eigenvalue weighted by atomic mass is 35.5. The highest BCUT2D eigenvalue weighted by molar-refractivity contribution is 7.18. The molecule has 184 valence electrons. The maximum atomic E-state index is 13.2. The van der Waals surface area contributed by atoms with Crippen LogP contribution < -0.4 is 10.6 Å². The van der Waals surface area contributed by atoms with E-state index in [1.807, 2.05) is 24.3 Å². The number of carbonyl (C=O) groups is 1. The van der Waals surface area contributed by atoms with Crippen LogP contribution in [0.3, 0.4) is 0 Å². The molecule has 2 N–H and O–H groups in total. The molecule has 0 fully saturated rings. The molecule has 6 nitrogen and oxygen atoms in total. The van der Waals surface area contributed by atoms with Crippen LogP contribution in [0.4, 0.5) is 24.5 Å². The standard InChI is InChI=1S/C25H18ClF3N4O2S/c26-23-8-7-22(36-23)24(34)31-13-17-12-21(33-35-17)14-1-4-16(5-2-14)32-20-9-10-30-19-6-3-15(11-18(19)20)25(27,28)29/h1-11,17H,12-13H2,(H,30,32)(H,31,34). The third-order valence-corrected chi connectivity index (χ3v) is 6.82. The van der Waals surface area contributed by atoms with Gasteiger partial charge in [0.05, 0.1) is 32.6 Å². The van der Waals surface area contributed by atoms with Crippen LogP contribution in [0.25, 0.3) is 10.9 Å². The number of thiophene rings is 1. The second-order valence-corrected chi connectivity index (χ2v) is 9.79. The van der Waals surface area contributed by atoms with Crippen molar-refractivity contribution in [3.05, 3.63) is 87.2 Å². The minimum Gasteiger partial charge on any atom is -0.390 e. The van der Waals surface area contributed by atoms with E-state index in [4.69, 9.17) is 16.4 Å². The fourth-order valence-electron chi connectivity index (χ4n) is 3.77. The van der Waals surface area contributed by atoms with Gasteiger partial charge < -0.3 is 15.5 Å². The summed E-state index contributed by atoms with van der Waals surface area (Å²) in [6, 6.07) is 15.8. The molecule has 1 aliphatic rings. The molecule has 1 unspecified atom stereocenters. The molecule has 36 heavy (non-hydrogen) atoms. The molecule has 4 aromatic rings. The van der Waals surface area contributed by atoms with E-state index in [1.54, 1.807) is 24.4 Å². The Morgan fingerprint density at radius 3 is 2.64 bits per heavy atom. The highest BCUT2D eigenvalue weighted by Gasteiger charge is 2.30. The van der Waals surface area contributed by atoms with Gasteiger partial charge in [-0.25, -0.2) is 0 Å². The fraction of sp³-hybridized carbons (Fsp3) is 0.160. The molecule has 1 amide bonds. The number of rotatable bonds is 6. The number of aromatic nitrogens is 1. The molecular weight excluding hydrogens is 513 g/mol. The van der Waals surface area contributed by atoms with Crippen molar-refractivity contribution in [3.63, 3.8) is 0 Å². The molecule has 3 heterocycles. The Labute approximate surface area is 212 Å². The molecule has 0 spiro atoms. The fourth-order valence-corrected chi connectivity index (χ4v) is 4.73. The number of pyridine rings is 1. The quantitative estimate of drug-likeness (QED) is 0.293. The van der Waals surface area contributed by atoms with Gasteiger partial charge in [0.1, 0.15) is 6.10 Å². The Hall–Kier alpha value is -3.63. The zero-order chi connectivity index (χ0) is 25.3. The number of hydrogen-bond acceptors (Lipinski definition) is 6. The van der Waals surface area contributed by atoms with Gasteiger partial charge in [0.25, 0.3) is 5.91 Å². The van der Waals surface area contributed by atoms with E-state index in [9.17, 15) is 18.0 Å². The van der Waals surface area contributed by atoms with Crippen molar-refractivity contribution >= 4 is 56.8 Å². The van der Waals surface area contributed by atoms with Crippen LogP contribution in [0.15, 0.2) is 72.0 Å². The van der Waals surface area contributed by atoms with Gasteiger partial charge in [-0.2, -0.15) is 13.2 Å². The number of hydrogen-bond donors (Lipinski definition) is 2. The second-order valence-electron chi connectivity index (χ2n) is 8.07. The smallest absolute Gasteiger partial charge is 0.390 e. The Kier molecular flexibility index (Phi) is 6.55. The van der Waals surface area contributed by atoms with E-state index in [0.29, 0.717) is 44.5 Å². The predicted molar refractivity (Wildman–Crippen MR) is 134 cm³/mol. The van der Waals surface area contributed by atoms with E-state index in [-0.39, 0.29) is 12.0 Å². The topological polar surface area (TPSA) is 75.6 Å². The summed E-state index contributed by atoms with van der Waals surface area (Å²) in [5, 5.41) is 10.5. The molecule has 2 aromatic carbocycles. The number of nitrogens with zero attached hydrogens (tertiary/aromatic N) is 2. The summed E-state index contributed by atoms with van der Waals surface area (Å²) in [5.41, 5.74) is 2.53. The normalized spacial score (nSPS) is 15.4. The van der Waals surface area contributed by atoms with Crippen molar-refractivity contribution in [1.82, 2.24) is 10.3 Å². The number of oxime groups is 1. The third-order valence-electron chi connectivity index (χ3n) is 5.59. The van der Waals surface area contributed by atoms with Gasteiger partial charge >= 0.3 is 6.18 Å². The number of halogens is 4. The van der Waals surface area contributed by atoms with Gasteiger partial charge in [0.15, 0.2) is 0 Å². The molecule has 0 saturated carbocycles. The van der Waals surface area contributed by atoms with Gasteiger partial charge in [-0.15, -0.1) is 11.3 Å². The molecule has 1 aliphatic heterocycles. The first kappa shape index (κ1) is 24.1. The number of amides is 1. The largest absolute Gasteiger partial charge is 0.416 e. The molecular formula is C25H18ClF3N4O2S. The third kappa shape index (κ3) is 5.29. The van der Waals surface area contributed by atoms with Crippen molar-refractivity contribution in [2.75, 3.05) is 11.9 Å². The number of alkyl halides is 3. The summed E-state index contributed by atoms with van der Waals surface area (Å²) in [4.78, 5) is 22.3. The number of carbonyl (C=O) groups excluding carboxylic acids is 1. The van der Waals surface area contributed by atoms with E-state index in [0.717, 1.165) is 23.4 Å². The van der Waals surface area contributed by atoms with Crippen LogP contribution in [0.2, 0.25) is 4.34 Å². The number of benzene rings is 2. The first-order chi connectivity index (χ1) is 17.3. The summed E-state index contributed by atoms with van der Waals surface area (Å²) < 4.78 is 40.1. The second kappa shape index (κ2) is 9.79. The summed E-state index contributed by atoms with van der Waals surface area (Å²) in [7, 11) is 0. The molecule has 0 aliphatic carbocycles. The first-order valence-corrected chi connectivity index (χ1v) is 12.1. The van der Waals surface area contributed by atoms with E-state index < -0.39 is 11.7 Å². The van der Waals surface area contributed by atoms with Crippen LogP contribution in [-0.2, 0) is 11.0 Å². The molecule has 0 bridgehead atoms. The number of anilines is 2. The van der Waals surface area contributed by atoms with Crippen LogP contribution in [0.5, 0.6) is 0 Å². The number of nitrogens with one attached hydrogen (secondary N) is 2. The van der Waals surface area contributed by atoms with Crippen molar-refractivity contribution < 1.29 is 22.8 Å². The van der Waals surface area contributed by atoms with Crippen molar-refractivity contribution in [1.29, 1.82) is 0 Å². The zero-order valence-corrected chi connectivity index (χ0v) is 20.0. The monoisotopic (exact) mass is 530 g/mol. The predicted octanol–water partition coefficient (Wildman–Crippen LogP) is 6.64. The van der Waals surface area contributed by atoms with Crippen LogP contribution in [-0.4, -0.2) is 29.3 Å². The SMILES string of the molecule is O=C(NCC1CC(c2ccc(Nc3ccnc4ccc(C(F)(F)F)cc34)cc2)=NO1)c1ccc(Cl)s1. The van der Waals surface area contributed by atoms with Gasteiger partial charge in [0, 0.05) is 29.4 Å². The van der Waals surface area contributed by atoms with Crippen molar-refractivity contribution in [3.8, 4) is 0 Å². The average Bonchev–Trinajstić information content (AvgIpc) is 3.52. The summed E-state index contributed by atoms with van der Waals surface area (Å²) in [5.74, 6) is -0.217. The molecule has 0 saturated heterocycles. The highest BCUT2D eigenvalue weighted by Crippen LogP contribution is 2.34.